The van der Waals surface area contributed by atoms with Crippen molar-refractivity contribution in [2.24, 2.45) is 0 Å². The van der Waals surface area contributed by atoms with E-state index in [2.05, 4.69) is 220 Å². The molecule has 6 rings (SSSR count). The highest BCUT2D eigenvalue weighted by Crippen LogP contribution is 2.54. The third-order valence-electron chi connectivity index (χ3n) is 9.52. The predicted molar refractivity (Wildman–Crippen MR) is 227 cm³/mol. The molecule has 266 valence electrons. The van der Waals surface area contributed by atoms with Crippen LogP contribution in [0, 0.1) is 0 Å². The lowest BCUT2D eigenvalue weighted by atomic mass is 9.84. The van der Waals surface area contributed by atoms with Crippen molar-refractivity contribution in [1.82, 2.24) is 10.6 Å². The Labute approximate surface area is 320 Å². The molecule has 52 heavy (non-hydrogen) atoms. The van der Waals surface area contributed by atoms with Gasteiger partial charge in [-0.1, -0.05) is 182 Å². The Kier molecular flexibility index (Phi) is 12.5. The van der Waals surface area contributed by atoms with Crippen LogP contribution in [0.15, 0.2) is 182 Å². The van der Waals surface area contributed by atoms with E-state index < -0.39 is 0 Å². The van der Waals surface area contributed by atoms with Gasteiger partial charge in [-0.15, -0.1) is 23.5 Å². The van der Waals surface area contributed by atoms with E-state index in [0.29, 0.717) is 0 Å². The average molecular weight is 721 g/mol. The fourth-order valence-corrected chi connectivity index (χ4v) is 10.8. The lowest BCUT2D eigenvalue weighted by Gasteiger charge is -2.42. The second-order valence-corrected chi connectivity index (χ2v) is 18.5. The second kappa shape index (κ2) is 17.2. The van der Waals surface area contributed by atoms with Crippen molar-refractivity contribution in [1.29, 1.82) is 0 Å². The molecule has 4 heteroatoms. The van der Waals surface area contributed by atoms with Gasteiger partial charge in [-0.05, 0) is 61.1 Å². The minimum absolute atomic E-state index is 0.0721. The molecule has 0 amide bonds. The van der Waals surface area contributed by atoms with Crippen LogP contribution < -0.4 is 10.6 Å². The SMILES string of the molecule is CC(C)(CNCCNCC(C)(C)SC(c1ccccc1)(c1ccccc1)c1ccccc1)SC(c1ccccc1)(c1ccccc1)c1ccccc1. The maximum Gasteiger partial charge on any atom is 0.0912 e. The molecule has 0 aliphatic heterocycles. The molecular formula is C48H52N2S2. The Morgan fingerprint density at radius 3 is 0.712 bits per heavy atom. The van der Waals surface area contributed by atoms with Crippen LogP contribution in [0.5, 0.6) is 0 Å². The number of nitrogens with one attached hydrogen (secondary N) is 2. The Morgan fingerprint density at radius 2 is 0.519 bits per heavy atom. The van der Waals surface area contributed by atoms with Crippen molar-refractivity contribution in [3.63, 3.8) is 0 Å². The van der Waals surface area contributed by atoms with Crippen molar-refractivity contribution < 1.29 is 0 Å². The van der Waals surface area contributed by atoms with Gasteiger partial charge in [-0.3, -0.25) is 0 Å². The average Bonchev–Trinajstić information content (AvgIpc) is 3.19. The minimum atomic E-state index is -0.350. The van der Waals surface area contributed by atoms with Crippen molar-refractivity contribution in [2.45, 2.75) is 46.7 Å². The van der Waals surface area contributed by atoms with Crippen LogP contribution in [-0.2, 0) is 9.49 Å². The highest BCUT2D eigenvalue weighted by atomic mass is 32.2. The zero-order valence-corrected chi connectivity index (χ0v) is 32.6. The second-order valence-electron chi connectivity index (χ2n) is 14.6. The molecule has 6 aromatic rings. The molecule has 2 N–H and O–H groups in total. The van der Waals surface area contributed by atoms with E-state index in [4.69, 9.17) is 0 Å². The van der Waals surface area contributed by atoms with Crippen LogP contribution in [0.4, 0.5) is 0 Å². The summed E-state index contributed by atoms with van der Waals surface area (Å²) in [6.07, 6.45) is 0. The van der Waals surface area contributed by atoms with Crippen LogP contribution in [0.1, 0.15) is 61.1 Å². The van der Waals surface area contributed by atoms with E-state index in [1.807, 2.05) is 23.5 Å². The fourth-order valence-electron chi connectivity index (χ4n) is 7.25. The minimum Gasteiger partial charge on any atom is -0.314 e. The number of hydrogen-bond acceptors (Lipinski definition) is 4. The highest BCUT2D eigenvalue weighted by molar-refractivity contribution is 8.02. The highest BCUT2D eigenvalue weighted by Gasteiger charge is 2.43. The molecule has 0 unspecified atom stereocenters. The predicted octanol–water partition coefficient (Wildman–Crippen LogP) is 11.2. The summed E-state index contributed by atoms with van der Waals surface area (Å²) in [5.41, 5.74) is 7.77. The Morgan fingerprint density at radius 1 is 0.327 bits per heavy atom. The summed E-state index contributed by atoms with van der Waals surface area (Å²) in [6, 6.07) is 66.0. The number of thioether (sulfide) groups is 2. The van der Waals surface area contributed by atoms with Crippen molar-refractivity contribution in [3.8, 4) is 0 Å². The van der Waals surface area contributed by atoms with E-state index in [1.165, 1.54) is 33.4 Å². The van der Waals surface area contributed by atoms with E-state index in [9.17, 15) is 0 Å². The van der Waals surface area contributed by atoms with Gasteiger partial charge in [-0.2, -0.15) is 0 Å². The largest absolute Gasteiger partial charge is 0.314 e. The summed E-state index contributed by atoms with van der Waals surface area (Å²) in [7, 11) is 0. The van der Waals surface area contributed by atoms with E-state index >= 15 is 0 Å². The molecular weight excluding hydrogens is 669 g/mol. The summed E-state index contributed by atoms with van der Waals surface area (Å²) in [6.45, 7) is 13.0. The van der Waals surface area contributed by atoms with Gasteiger partial charge in [0.15, 0.2) is 0 Å². The van der Waals surface area contributed by atoms with Crippen LogP contribution in [-0.4, -0.2) is 35.7 Å². The van der Waals surface area contributed by atoms with Gasteiger partial charge in [0.05, 0.1) is 9.49 Å². The molecule has 0 saturated heterocycles. The first-order valence-electron chi connectivity index (χ1n) is 18.4. The molecule has 0 aliphatic rings. The first-order chi connectivity index (χ1) is 25.3. The standard InChI is InChI=1S/C48H52N2S2/c1-45(2,51-47(39-23-11-5-12-24-39,40-25-13-6-14-26-40)41-27-15-7-16-28-41)37-49-35-36-50-38-46(3,4)52-48(42-29-17-8-18-30-42,43-31-19-9-20-32-43)44-33-21-10-22-34-44/h5-34,49-50H,35-38H2,1-4H3. The van der Waals surface area contributed by atoms with Gasteiger partial charge < -0.3 is 10.6 Å². The van der Waals surface area contributed by atoms with E-state index in [-0.39, 0.29) is 19.0 Å². The normalized spacial score (nSPS) is 12.5. The smallest absolute Gasteiger partial charge is 0.0912 e. The Bertz CT molecular complexity index is 1580. The molecule has 0 atom stereocenters. The monoisotopic (exact) mass is 720 g/mol. The summed E-state index contributed by atoms with van der Waals surface area (Å²) in [5, 5.41) is 7.65. The lowest BCUT2D eigenvalue weighted by Crippen LogP contribution is -2.43. The van der Waals surface area contributed by atoms with Gasteiger partial charge in [0, 0.05) is 35.7 Å². The topological polar surface area (TPSA) is 24.1 Å². The first kappa shape index (κ1) is 37.7. The molecule has 0 aromatic heterocycles. The quantitative estimate of drug-likeness (QED) is 0.0724. The van der Waals surface area contributed by atoms with E-state index in [0.717, 1.165) is 26.2 Å². The van der Waals surface area contributed by atoms with Gasteiger partial charge in [0.2, 0.25) is 0 Å². The molecule has 0 radical (unpaired) electrons. The number of benzene rings is 6. The zero-order valence-electron chi connectivity index (χ0n) is 31.0. The third kappa shape index (κ3) is 8.76. The number of hydrogen-bond donors (Lipinski definition) is 2. The van der Waals surface area contributed by atoms with Crippen LogP contribution in [0.25, 0.3) is 0 Å². The van der Waals surface area contributed by atoms with Crippen molar-refractivity contribution >= 4 is 23.5 Å². The molecule has 6 aromatic carbocycles. The Hall–Kier alpha value is -4.06. The van der Waals surface area contributed by atoms with Crippen molar-refractivity contribution in [2.75, 3.05) is 26.2 Å². The summed E-state index contributed by atoms with van der Waals surface area (Å²) in [4.78, 5) is 0. The molecule has 2 nitrogen and oxygen atoms in total. The lowest BCUT2D eigenvalue weighted by molar-refractivity contribution is 0.536. The zero-order chi connectivity index (χ0) is 36.3. The van der Waals surface area contributed by atoms with E-state index in [1.54, 1.807) is 0 Å². The van der Waals surface area contributed by atoms with Crippen LogP contribution >= 0.6 is 23.5 Å². The van der Waals surface area contributed by atoms with Crippen LogP contribution in [0.2, 0.25) is 0 Å². The summed E-state index contributed by atoms with van der Waals surface area (Å²) >= 11 is 4.07. The molecule has 0 bridgehead atoms. The number of rotatable bonds is 17. The maximum atomic E-state index is 3.82. The molecule has 0 heterocycles. The van der Waals surface area contributed by atoms with Gasteiger partial charge in [0.25, 0.3) is 0 Å². The molecule has 0 fully saturated rings. The Balaban J connectivity index is 1.14. The van der Waals surface area contributed by atoms with Gasteiger partial charge in [-0.25, -0.2) is 0 Å². The van der Waals surface area contributed by atoms with Gasteiger partial charge >= 0.3 is 0 Å². The first-order valence-corrected chi connectivity index (χ1v) is 20.0. The summed E-state index contributed by atoms with van der Waals surface area (Å²) < 4.78 is -0.844. The molecule has 0 saturated carbocycles. The van der Waals surface area contributed by atoms with Crippen LogP contribution in [0.3, 0.4) is 0 Å². The van der Waals surface area contributed by atoms with Crippen molar-refractivity contribution in [3.05, 3.63) is 215 Å². The van der Waals surface area contributed by atoms with Gasteiger partial charge in [0.1, 0.15) is 0 Å². The maximum absolute atomic E-state index is 3.82. The molecule has 0 spiro atoms. The fraction of sp³-hybridized carbons (Fsp3) is 0.250. The third-order valence-corrected chi connectivity index (χ3v) is 12.9. The summed E-state index contributed by atoms with van der Waals surface area (Å²) in [5.74, 6) is 0. The molecule has 0 aliphatic carbocycles.